The third kappa shape index (κ3) is 3.05. The van der Waals surface area contributed by atoms with Crippen molar-refractivity contribution in [1.29, 1.82) is 0 Å². The fraction of sp³-hybridized carbons (Fsp3) is 0.273. The van der Waals surface area contributed by atoms with Gasteiger partial charge in [0.25, 0.3) is 5.91 Å². The van der Waals surface area contributed by atoms with Crippen molar-refractivity contribution in [2.45, 2.75) is 25.9 Å². The van der Waals surface area contributed by atoms with Crippen molar-refractivity contribution in [3.63, 3.8) is 0 Å². The van der Waals surface area contributed by atoms with Gasteiger partial charge in [-0.2, -0.15) is 5.10 Å². The van der Waals surface area contributed by atoms with Gasteiger partial charge in [0.1, 0.15) is 5.76 Å². The lowest BCUT2D eigenvalue weighted by Crippen LogP contribution is -2.24. The summed E-state index contributed by atoms with van der Waals surface area (Å²) < 4.78 is 7.31. The van der Waals surface area contributed by atoms with Gasteiger partial charge < -0.3 is 9.84 Å². The molecule has 2 aliphatic rings. The molecule has 0 saturated carbocycles. The van der Waals surface area contributed by atoms with Gasteiger partial charge in [-0.3, -0.25) is 24.3 Å². The predicted molar refractivity (Wildman–Crippen MR) is 111 cm³/mol. The minimum Gasteiger partial charge on any atom is -0.508 e. The van der Waals surface area contributed by atoms with Gasteiger partial charge in [-0.05, 0) is 31.0 Å². The fourth-order valence-corrected chi connectivity index (χ4v) is 3.98. The summed E-state index contributed by atoms with van der Waals surface area (Å²) in [5.41, 5.74) is 4.16. The summed E-state index contributed by atoms with van der Waals surface area (Å²) in [6.45, 7) is 7.19. The molecule has 3 aromatic heterocycles. The van der Waals surface area contributed by atoms with Crippen LogP contribution in [-0.4, -0.2) is 44.0 Å². The molecule has 30 heavy (non-hydrogen) atoms. The van der Waals surface area contributed by atoms with Crippen molar-refractivity contribution >= 4 is 17.5 Å². The standard InChI is InChI=1S/C22H21N5O3/c1-13-7-18(16-8-15(14(2)28)9-23-10-16)24-19-11-26(22(29)21(13)19)20-3-5-27(25-20)17-4-6-30-12-17/h3,5,7-10,17,28H,2,4,6,11-12H2,1H3/t17-/m0/s1. The first-order valence-electron chi connectivity index (χ1n) is 9.80. The maximum atomic E-state index is 13.1. The monoisotopic (exact) mass is 403 g/mol. The van der Waals surface area contributed by atoms with Crippen LogP contribution in [0.4, 0.5) is 5.82 Å². The highest BCUT2D eigenvalue weighted by atomic mass is 16.5. The Labute approximate surface area is 173 Å². The van der Waals surface area contributed by atoms with Crippen LogP contribution in [0, 0.1) is 6.92 Å². The number of anilines is 1. The molecule has 0 unspecified atom stereocenters. The van der Waals surface area contributed by atoms with Gasteiger partial charge in [0.05, 0.1) is 36.1 Å². The fourth-order valence-electron chi connectivity index (χ4n) is 3.98. The maximum absolute atomic E-state index is 13.1. The lowest BCUT2D eigenvalue weighted by atomic mass is 10.0. The SMILES string of the molecule is C=C(O)c1cncc(-c2cc(C)c3c(n2)CN(c2ccn([C@H]4CCOC4)n2)C3=O)c1. The van der Waals surface area contributed by atoms with E-state index < -0.39 is 0 Å². The Balaban J connectivity index is 1.47. The molecule has 1 atom stereocenters. The highest BCUT2D eigenvalue weighted by Crippen LogP contribution is 2.32. The van der Waals surface area contributed by atoms with Crippen LogP contribution in [-0.2, 0) is 11.3 Å². The van der Waals surface area contributed by atoms with Gasteiger partial charge in [-0.15, -0.1) is 0 Å². The number of aliphatic hydroxyl groups is 1. The Morgan fingerprint density at radius 2 is 2.20 bits per heavy atom. The molecule has 1 saturated heterocycles. The second kappa shape index (κ2) is 7.07. The number of rotatable bonds is 4. The van der Waals surface area contributed by atoms with E-state index in [1.807, 2.05) is 29.9 Å². The molecule has 0 aromatic carbocycles. The van der Waals surface area contributed by atoms with E-state index in [4.69, 9.17) is 9.72 Å². The highest BCUT2D eigenvalue weighted by molar-refractivity contribution is 6.10. The summed E-state index contributed by atoms with van der Waals surface area (Å²) in [6.07, 6.45) is 6.05. The summed E-state index contributed by atoms with van der Waals surface area (Å²) >= 11 is 0. The third-order valence-electron chi connectivity index (χ3n) is 5.58. The highest BCUT2D eigenvalue weighted by Gasteiger charge is 2.33. The first kappa shape index (κ1) is 18.5. The van der Waals surface area contributed by atoms with Gasteiger partial charge in [0.2, 0.25) is 0 Å². The number of fused-ring (bicyclic) bond motifs is 1. The summed E-state index contributed by atoms with van der Waals surface area (Å²) in [4.78, 5) is 23.6. The smallest absolute Gasteiger partial charge is 0.262 e. The number of ether oxygens (including phenoxy) is 1. The third-order valence-corrected chi connectivity index (χ3v) is 5.58. The lowest BCUT2D eigenvalue weighted by molar-refractivity contribution is 0.0995. The molecule has 152 valence electrons. The molecule has 0 aliphatic carbocycles. The van der Waals surface area contributed by atoms with Crippen molar-refractivity contribution < 1.29 is 14.6 Å². The Hall–Kier alpha value is -3.52. The van der Waals surface area contributed by atoms with E-state index >= 15 is 0 Å². The largest absolute Gasteiger partial charge is 0.508 e. The number of aliphatic hydroxyl groups excluding tert-OH is 1. The lowest BCUT2D eigenvalue weighted by Gasteiger charge is -2.12. The first-order chi connectivity index (χ1) is 14.5. The van der Waals surface area contributed by atoms with Crippen molar-refractivity contribution in [1.82, 2.24) is 19.7 Å². The molecule has 1 N–H and O–H groups in total. The van der Waals surface area contributed by atoms with E-state index in [-0.39, 0.29) is 17.7 Å². The number of aryl methyl sites for hydroxylation is 1. The molecule has 0 radical (unpaired) electrons. The van der Waals surface area contributed by atoms with Crippen molar-refractivity contribution in [3.8, 4) is 11.3 Å². The van der Waals surface area contributed by atoms with Crippen LogP contribution in [0.15, 0.2) is 43.4 Å². The summed E-state index contributed by atoms with van der Waals surface area (Å²) in [6, 6.07) is 5.73. The zero-order valence-electron chi connectivity index (χ0n) is 16.6. The van der Waals surface area contributed by atoms with Gasteiger partial charge >= 0.3 is 0 Å². The van der Waals surface area contributed by atoms with Gasteiger partial charge in [0.15, 0.2) is 5.82 Å². The second-order valence-corrected chi connectivity index (χ2v) is 7.62. The molecule has 5 rings (SSSR count). The van der Waals surface area contributed by atoms with Crippen LogP contribution < -0.4 is 4.90 Å². The zero-order valence-corrected chi connectivity index (χ0v) is 16.6. The van der Waals surface area contributed by atoms with E-state index in [0.29, 0.717) is 41.5 Å². The van der Waals surface area contributed by atoms with E-state index in [0.717, 1.165) is 24.2 Å². The van der Waals surface area contributed by atoms with Crippen LogP contribution in [0.25, 0.3) is 17.0 Å². The van der Waals surface area contributed by atoms with Crippen LogP contribution in [0.5, 0.6) is 0 Å². The molecule has 0 spiro atoms. The Morgan fingerprint density at radius 1 is 1.33 bits per heavy atom. The topological polar surface area (TPSA) is 93.4 Å². The average molecular weight is 403 g/mol. The number of hydrogen-bond donors (Lipinski definition) is 1. The number of aromatic nitrogens is 4. The predicted octanol–water partition coefficient (Wildman–Crippen LogP) is 3.30. The first-order valence-corrected chi connectivity index (χ1v) is 9.80. The number of amides is 1. The van der Waals surface area contributed by atoms with Crippen molar-refractivity contribution in [3.05, 3.63) is 65.8 Å². The maximum Gasteiger partial charge on any atom is 0.262 e. The summed E-state index contributed by atoms with van der Waals surface area (Å²) in [5, 5.41) is 14.3. The van der Waals surface area contributed by atoms with Crippen LogP contribution in [0.1, 0.15) is 39.6 Å². The van der Waals surface area contributed by atoms with Gasteiger partial charge in [-0.25, -0.2) is 0 Å². The number of hydrogen-bond acceptors (Lipinski definition) is 6. The normalized spacial score (nSPS) is 18.1. The Morgan fingerprint density at radius 3 is 2.97 bits per heavy atom. The van der Waals surface area contributed by atoms with Crippen LogP contribution in [0.2, 0.25) is 0 Å². The molecule has 0 bridgehead atoms. The van der Waals surface area contributed by atoms with Crippen molar-refractivity contribution in [2.24, 2.45) is 0 Å². The van der Waals surface area contributed by atoms with E-state index in [9.17, 15) is 9.90 Å². The minimum atomic E-state index is -0.0925. The Bertz CT molecular complexity index is 1160. The molecule has 1 fully saturated rings. The van der Waals surface area contributed by atoms with E-state index in [1.54, 1.807) is 23.4 Å². The number of nitrogens with zero attached hydrogens (tertiary/aromatic N) is 5. The van der Waals surface area contributed by atoms with Gasteiger partial charge in [0, 0.05) is 42.4 Å². The molecular formula is C22H21N5O3. The summed E-state index contributed by atoms with van der Waals surface area (Å²) in [7, 11) is 0. The van der Waals surface area contributed by atoms with Crippen molar-refractivity contribution in [2.75, 3.05) is 18.1 Å². The molecule has 3 aromatic rings. The molecule has 8 nitrogen and oxygen atoms in total. The van der Waals surface area contributed by atoms with Crippen LogP contribution in [0.3, 0.4) is 0 Å². The summed E-state index contributed by atoms with van der Waals surface area (Å²) in [5.74, 6) is 0.475. The second-order valence-electron chi connectivity index (χ2n) is 7.62. The molecule has 2 aliphatic heterocycles. The zero-order chi connectivity index (χ0) is 20.8. The molecular weight excluding hydrogens is 382 g/mol. The number of carbonyl (C=O) groups excluding carboxylic acids is 1. The van der Waals surface area contributed by atoms with Gasteiger partial charge in [-0.1, -0.05) is 6.58 Å². The number of carbonyl (C=O) groups is 1. The van der Waals surface area contributed by atoms with Crippen LogP contribution >= 0.6 is 0 Å². The Kier molecular flexibility index (Phi) is 4.36. The quantitative estimate of drug-likeness (QED) is 0.672. The molecule has 8 heteroatoms. The average Bonchev–Trinajstić information content (AvgIpc) is 3.48. The minimum absolute atomic E-state index is 0.0492. The molecule has 1 amide bonds. The molecule has 5 heterocycles. The number of pyridine rings is 2. The van der Waals surface area contributed by atoms with E-state index in [2.05, 4.69) is 16.7 Å². The van der Waals surface area contributed by atoms with E-state index in [1.165, 1.54) is 0 Å².